The van der Waals surface area contributed by atoms with Crippen molar-refractivity contribution in [3.8, 4) is 11.5 Å². The Bertz CT molecular complexity index is 427. The first-order chi connectivity index (χ1) is 9.72. The molecule has 1 aromatic carbocycles. The molecule has 0 saturated carbocycles. The number of nitrogens with one attached hydrogen (secondary N) is 1. The summed E-state index contributed by atoms with van der Waals surface area (Å²) in [5, 5.41) is 2.73. The maximum absolute atomic E-state index is 11.9. The molecule has 0 aliphatic rings. The third-order valence-electron chi connectivity index (χ3n) is 2.69. The average Bonchev–Trinajstić information content (AvgIpc) is 2.46. The van der Waals surface area contributed by atoms with Crippen LogP contribution in [-0.2, 0) is 0 Å². The third-order valence-corrected chi connectivity index (χ3v) is 2.69. The Morgan fingerprint density at radius 3 is 2.62 bits per heavy atom. The maximum atomic E-state index is 11.9. The van der Waals surface area contributed by atoms with Crippen molar-refractivity contribution < 1.29 is 14.3 Å². The van der Waals surface area contributed by atoms with Gasteiger partial charge in [0.1, 0.15) is 0 Å². The second-order valence-corrected chi connectivity index (χ2v) is 4.34. The molecule has 0 saturated heterocycles. The molecule has 0 aliphatic heterocycles. The minimum atomic E-state index is -0.156. The van der Waals surface area contributed by atoms with Gasteiger partial charge in [-0.25, -0.2) is 0 Å². The number of amides is 1. The standard InChI is InChI=1S/C15H24N2O3.ClH/c1-3-5-10-20-13-7-6-12(11-14(13)19-4-2)15(18)17-9-8-16;/h6-7,11H,3-5,8-10,16H2,1-2H3,(H,17,18);1H. The number of carbonyl (C=O) groups is 1. The Balaban J connectivity index is 0.00000400. The van der Waals surface area contributed by atoms with E-state index in [1.54, 1.807) is 18.2 Å². The van der Waals surface area contributed by atoms with Crippen LogP contribution in [0.3, 0.4) is 0 Å². The van der Waals surface area contributed by atoms with E-state index in [2.05, 4.69) is 12.2 Å². The number of carbonyl (C=O) groups excluding carboxylic acids is 1. The van der Waals surface area contributed by atoms with Gasteiger partial charge in [-0.15, -0.1) is 12.4 Å². The number of halogens is 1. The molecule has 120 valence electrons. The number of hydrogen-bond donors (Lipinski definition) is 2. The van der Waals surface area contributed by atoms with E-state index < -0.39 is 0 Å². The molecule has 21 heavy (non-hydrogen) atoms. The highest BCUT2D eigenvalue weighted by molar-refractivity contribution is 5.94. The quantitative estimate of drug-likeness (QED) is 0.686. The summed E-state index contributed by atoms with van der Waals surface area (Å²) >= 11 is 0. The van der Waals surface area contributed by atoms with Crippen molar-refractivity contribution in [1.29, 1.82) is 0 Å². The highest BCUT2D eigenvalue weighted by Crippen LogP contribution is 2.28. The molecule has 0 aliphatic carbocycles. The number of rotatable bonds is 9. The smallest absolute Gasteiger partial charge is 0.251 e. The van der Waals surface area contributed by atoms with E-state index in [1.165, 1.54) is 0 Å². The zero-order valence-corrected chi connectivity index (χ0v) is 13.5. The zero-order valence-electron chi connectivity index (χ0n) is 12.7. The van der Waals surface area contributed by atoms with Crippen LogP contribution in [0.1, 0.15) is 37.0 Å². The minimum absolute atomic E-state index is 0. The van der Waals surface area contributed by atoms with E-state index >= 15 is 0 Å². The largest absolute Gasteiger partial charge is 0.490 e. The molecule has 0 atom stereocenters. The molecule has 0 bridgehead atoms. The van der Waals surface area contributed by atoms with Crippen LogP contribution in [0.15, 0.2) is 18.2 Å². The molecule has 1 amide bonds. The molecule has 0 radical (unpaired) electrons. The SMILES string of the molecule is CCCCOc1ccc(C(=O)NCCN)cc1OCC.Cl. The van der Waals surface area contributed by atoms with Crippen molar-refractivity contribution in [1.82, 2.24) is 5.32 Å². The summed E-state index contributed by atoms with van der Waals surface area (Å²) in [5.41, 5.74) is 5.91. The fourth-order valence-electron chi connectivity index (χ4n) is 1.65. The van der Waals surface area contributed by atoms with Crippen molar-refractivity contribution in [3.63, 3.8) is 0 Å². The third kappa shape index (κ3) is 6.69. The molecule has 0 fully saturated rings. The number of benzene rings is 1. The van der Waals surface area contributed by atoms with Gasteiger partial charge in [-0.2, -0.15) is 0 Å². The predicted octanol–water partition coefficient (Wildman–Crippen LogP) is 2.37. The van der Waals surface area contributed by atoms with Gasteiger partial charge in [0.2, 0.25) is 0 Å². The Labute approximate surface area is 132 Å². The second kappa shape index (κ2) is 11.2. The minimum Gasteiger partial charge on any atom is -0.490 e. The van der Waals surface area contributed by atoms with Crippen molar-refractivity contribution in [2.24, 2.45) is 5.73 Å². The fraction of sp³-hybridized carbons (Fsp3) is 0.533. The number of nitrogens with two attached hydrogens (primary N) is 1. The van der Waals surface area contributed by atoms with Crippen LogP contribution >= 0.6 is 12.4 Å². The van der Waals surface area contributed by atoms with E-state index in [4.69, 9.17) is 15.2 Å². The van der Waals surface area contributed by atoms with E-state index in [9.17, 15) is 4.79 Å². The molecule has 6 heteroatoms. The van der Waals surface area contributed by atoms with Crippen LogP contribution in [-0.4, -0.2) is 32.2 Å². The number of hydrogen-bond acceptors (Lipinski definition) is 4. The monoisotopic (exact) mass is 316 g/mol. The Hall–Kier alpha value is -1.46. The normalized spacial score (nSPS) is 9.67. The molecule has 0 spiro atoms. The summed E-state index contributed by atoms with van der Waals surface area (Å²) in [4.78, 5) is 11.9. The summed E-state index contributed by atoms with van der Waals surface area (Å²) < 4.78 is 11.2. The van der Waals surface area contributed by atoms with Gasteiger partial charge in [0.05, 0.1) is 13.2 Å². The second-order valence-electron chi connectivity index (χ2n) is 4.34. The van der Waals surface area contributed by atoms with Crippen LogP contribution in [0.2, 0.25) is 0 Å². The van der Waals surface area contributed by atoms with Crippen LogP contribution in [0, 0.1) is 0 Å². The molecule has 1 rings (SSSR count). The topological polar surface area (TPSA) is 73.6 Å². The molecule has 1 aromatic rings. The van der Waals surface area contributed by atoms with Crippen LogP contribution in [0.5, 0.6) is 11.5 Å². The summed E-state index contributed by atoms with van der Waals surface area (Å²) in [5.74, 6) is 1.12. The van der Waals surface area contributed by atoms with Crippen LogP contribution in [0.4, 0.5) is 0 Å². The van der Waals surface area contributed by atoms with E-state index in [1.807, 2.05) is 6.92 Å². The Morgan fingerprint density at radius 1 is 1.24 bits per heavy atom. The van der Waals surface area contributed by atoms with Gasteiger partial charge in [0.15, 0.2) is 11.5 Å². The predicted molar refractivity (Wildman–Crippen MR) is 86.6 cm³/mol. The first-order valence-electron chi connectivity index (χ1n) is 7.10. The molecule has 3 N–H and O–H groups in total. The fourth-order valence-corrected chi connectivity index (χ4v) is 1.65. The Morgan fingerprint density at radius 2 is 2.00 bits per heavy atom. The maximum Gasteiger partial charge on any atom is 0.251 e. The molecular formula is C15H25ClN2O3. The Kier molecular flexibility index (Phi) is 10.4. The first-order valence-corrected chi connectivity index (χ1v) is 7.10. The van der Waals surface area contributed by atoms with Crippen molar-refractivity contribution in [3.05, 3.63) is 23.8 Å². The van der Waals surface area contributed by atoms with E-state index in [-0.39, 0.29) is 18.3 Å². The molecule has 0 heterocycles. The van der Waals surface area contributed by atoms with E-state index in [0.717, 1.165) is 12.8 Å². The zero-order chi connectivity index (χ0) is 14.8. The van der Waals surface area contributed by atoms with Gasteiger partial charge >= 0.3 is 0 Å². The average molecular weight is 317 g/mol. The van der Waals surface area contributed by atoms with Crippen LogP contribution < -0.4 is 20.5 Å². The lowest BCUT2D eigenvalue weighted by atomic mass is 10.2. The number of ether oxygens (including phenoxy) is 2. The summed E-state index contributed by atoms with van der Waals surface area (Å²) in [7, 11) is 0. The van der Waals surface area contributed by atoms with Gasteiger partial charge in [-0.1, -0.05) is 13.3 Å². The first kappa shape index (κ1) is 19.5. The number of unbranched alkanes of at least 4 members (excludes halogenated alkanes) is 1. The lowest BCUT2D eigenvalue weighted by Crippen LogP contribution is -2.28. The van der Waals surface area contributed by atoms with Gasteiger partial charge in [0, 0.05) is 18.7 Å². The van der Waals surface area contributed by atoms with Crippen molar-refractivity contribution in [2.45, 2.75) is 26.7 Å². The highest BCUT2D eigenvalue weighted by atomic mass is 35.5. The molecule has 0 aromatic heterocycles. The van der Waals surface area contributed by atoms with Gasteiger partial charge in [-0.05, 0) is 31.5 Å². The van der Waals surface area contributed by atoms with Gasteiger partial charge in [-0.3, -0.25) is 4.79 Å². The highest BCUT2D eigenvalue weighted by Gasteiger charge is 2.11. The summed E-state index contributed by atoms with van der Waals surface area (Å²) in [6.45, 7) is 6.06. The lowest BCUT2D eigenvalue weighted by Gasteiger charge is -2.13. The molecule has 0 unspecified atom stereocenters. The van der Waals surface area contributed by atoms with E-state index in [0.29, 0.717) is 43.4 Å². The lowest BCUT2D eigenvalue weighted by molar-refractivity contribution is 0.0954. The van der Waals surface area contributed by atoms with Crippen LogP contribution in [0.25, 0.3) is 0 Å². The van der Waals surface area contributed by atoms with Crippen molar-refractivity contribution in [2.75, 3.05) is 26.3 Å². The summed E-state index contributed by atoms with van der Waals surface area (Å²) in [6, 6.07) is 5.21. The van der Waals surface area contributed by atoms with Crippen molar-refractivity contribution >= 4 is 18.3 Å². The molecular weight excluding hydrogens is 292 g/mol. The van der Waals surface area contributed by atoms with Gasteiger partial charge in [0.25, 0.3) is 5.91 Å². The summed E-state index contributed by atoms with van der Waals surface area (Å²) in [6.07, 6.45) is 2.06. The molecule has 5 nitrogen and oxygen atoms in total. The van der Waals surface area contributed by atoms with Gasteiger partial charge < -0.3 is 20.5 Å².